The fourth-order valence-corrected chi connectivity index (χ4v) is 2.73. The standard InChI is InChI=1S/C23H26N4O2/c1-23(2,3)17-7-9-18(10-8-17)27-21-15-24-20(14-25-21)22(28)26-13-16-5-11-19(29-4)12-6-16/h5-12,14-15H,13H2,1-4H3,(H,25,27)(H,26,28). The lowest BCUT2D eigenvalue weighted by molar-refractivity contribution is 0.0945. The largest absolute Gasteiger partial charge is 0.497 e. The van der Waals surface area contributed by atoms with E-state index in [1.165, 1.54) is 11.8 Å². The van der Waals surface area contributed by atoms with Crippen LogP contribution in [0.2, 0.25) is 0 Å². The number of hydrogen-bond acceptors (Lipinski definition) is 5. The number of nitrogens with one attached hydrogen (secondary N) is 2. The Labute approximate surface area is 171 Å². The average molecular weight is 390 g/mol. The summed E-state index contributed by atoms with van der Waals surface area (Å²) in [5.41, 5.74) is 3.54. The second-order valence-corrected chi connectivity index (χ2v) is 7.77. The van der Waals surface area contributed by atoms with Crippen LogP contribution in [-0.4, -0.2) is 23.0 Å². The van der Waals surface area contributed by atoms with Crippen LogP contribution < -0.4 is 15.4 Å². The third-order valence-electron chi connectivity index (χ3n) is 4.52. The van der Waals surface area contributed by atoms with Crippen molar-refractivity contribution in [3.05, 3.63) is 77.7 Å². The summed E-state index contributed by atoms with van der Waals surface area (Å²) in [4.78, 5) is 20.8. The van der Waals surface area contributed by atoms with Gasteiger partial charge in [0.1, 0.15) is 17.3 Å². The molecule has 1 amide bonds. The molecule has 0 aliphatic heterocycles. The molecule has 6 nitrogen and oxygen atoms in total. The molecule has 0 saturated carbocycles. The number of rotatable bonds is 6. The normalized spacial score (nSPS) is 11.0. The third kappa shape index (κ3) is 5.54. The maximum absolute atomic E-state index is 12.3. The molecule has 0 spiro atoms. The van der Waals surface area contributed by atoms with E-state index in [2.05, 4.69) is 53.5 Å². The smallest absolute Gasteiger partial charge is 0.271 e. The van der Waals surface area contributed by atoms with Crippen LogP contribution in [0.25, 0.3) is 0 Å². The zero-order valence-electron chi connectivity index (χ0n) is 17.2. The molecular weight excluding hydrogens is 364 g/mol. The predicted molar refractivity (Wildman–Crippen MR) is 115 cm³/mol. The molecule has 0 radical (unpaired) electrons. The number of ether oxygens (including phenoxy) is 1. The monoisotopic (exact) mass is 390 g/mol. The van der Waals surface area contributed by atoms with Crippen molar-refractivity contribution in [2.75, 3.05) is 12.4 Å². The van der Waals surface area contributed by atoms with Gasteiger partial charge < -0.3 is 15.4 Å². The van der Waals surface area contributed by atoms with Crippen LogP contribution >= 0.6 is 0 Å². The Morgan fingerprint density at radius 3 is 2.21 bits per heavy atom. The van der Waals surface area contributed by atoms with E-state index in [9.17, 15) is 4.79 Å². The van der Waals surface area contributed by atoms with Crippen molar-refractivity contribution in [3.63, 3.8) is 0 Å². The molecule has 150 valence electrons. The van der Waals surface area contributed by atoms with E-state index >= 15 is 0 Å². The zero-order valence-corrected chi connectivity index (χ0v) is 17.2. The molecule has 2 N–H and O–H groups in total. The van der Waals surface area contributed by atoms with E-state index in [0.717, 1.165) is 17.0 Å². The number of hydrogen-bond donors (Lipinski definition) is 2. The Morgan fingerprint density at radius 1 is 0.966 bits per heavy atom. The first-order chi connectivity index (χ1) is 13.8. The Bertz CT molecular complexity index is 944. The van der Waals surface area contributed by atoms with Gasteiger partial charge in [0.15, 0.2) is 0 Å². The molecule has 29 heavy (non-hydrogen) atoms. The highest BCUT2D eigenvalue weighted by Crippen LogP contribution is 2.24. The van der Waals surface area contributed by atoms with Crippen molar-refractivity contribution in [2.24, 2.45) is 0 Å². The minimum atomic E-state index is -0.269. The van der Waals surface area contributed by atoms with Crippen LogP contribution in [0.1, 0.15) is 42.4 Å². The highest BCUT2D eigenvalue weighted by Gasteiger charge is 2.13. The number of methoxy groups -OCH3 is 1. The fraction of sp³-hybridized carbons (Fsp3) is 0.261. The molecule has 2 aromatic carbocycles. The van der Waals surface area contributed by atoms with Crippen molar-refractivity contribution >= 4 is 17.4 Å². The number of nitrogens with zero attached hydrogens (tertiary/aromatic N) is 2. The predicted octanol–water partition coefficient (Wildman–Crippen LogP) is 4.46. The van der Waals surface area contributed by atoms with Crippen LogP contribution in [0.4, 0.5) is 11.5 Å². The highest BCUT2D eigenvalue weighted by atomic mass is 16.5. The summed E-state index contributed by atoms with van der Waals surface area (Å²) in [6.45, 7) is 6.95. The first kappa shape index (κ1) is 20.3. The lowest BCUT2D eigenvalue weighted by Crippen LogP contribution is -2.24. The van der Waals surface area contributed by atoms with Gasteiger partial charge in [-0.15, -0.1) is 0 Å². The summed E-state index contributed by atoms with van der Waals surface area (Å²) in [6, 6.07) is 15.7. The van der Waals surface area contributed by atoms with E-state index in [0.29, 0.717) is 12.4 Å². The summed E-state index contributed by atoms with van der Waals surface area (Å²) in [7, 11) is 1.62. The first-order valence-corrected chi connectivity index (χ1v) is 9.46. The Hall–Kier alpha value is -3.41. The van der Waals surface area contributed by atoms with Crippen molar-refractivity contribution in [2.45, 2.75) is 32.7 Å². The van der Waals surface area contributed by atoms with Crippen LogP contribution in [0.3, 0.4) is 0 Å². The first-order valence-electron chi connectivity index (χ1n) is 9.46. The molecule has 0 bridgehead atoms. The second-order valence-electron chi connectivity index (χ2n) is 7.77. The summed E-state index contributed by atoms with van der Waals surface area (Å²) in [6.07, 6.45) is 3.02. The van der Waals surface area contributed by atoms with Crippen LogP contribution in [0.5, 0.6) is 5.75 Å². The van der Waals surface area contributed by atoms with Gasteiger partial charge in [-0.3, -0.25) is 4.79 Å². The number of carbonyl (C=O) groups is 1. The Morgan fingerprint density at radius 2 is 1.66 bits per heavy atom. The molecule has 0 unspecified atom stereocenters. The van der Waals surface area contributed by atoms with E-state index < -0.39 is 0 Å². The molecule has 3 rings (SSSR count). The van der Waals surface area contributed by atoms with Gasteiger partial charge in [-0.05, 0) is 40.8 Å². The van der Waals surface area contributed by atoms with E-state index in [1.807, 2.05) is 36.4 Å². The molecule has 0 aliphatic rings. The number of aromatic nitrogens is 2. The van der Waals surface area contributed by atoms with Crippen LogP contribution in [0.15, 0.2) is 60.9 Å². The number of anilines is 2. The van der Waals surface area contributed by atoms with Crippen molar-refractivity contribution in [1.29, 1.82) is 0 Å². The Kier molecular flexibility index (Phi) is 6.12. The van der Waals surface area contributed by atoms with Crippen molar-refractivity contribution in [3.8, 4) is 5.75 Å². The summed E-state index contributed by atoms with van der Waals surface area (Å²) >= 11 is 0. The lowest BCUT2D eigenvalue weighted by Gasteiger charge is -2.19. The third-order valence-corrected chi connectivity index (χ3v) is 4.52. The van der Waals surface area contributed by atoms with Gasteiger partial charge in [-0.1, -0.05) is 45.0 Å². The molecule has 6 heteroatoms. The maximum Gasteiger partial charge on any atom is 0.271 e. The van der Waals surface area contributed by atoms with Gasteiger partial charge in [0.2, 0.25) is 0 Å². The van der Waals surface area contributed by atoms with Gasteiger partial charge in [0.25, 0.3) is 5.91 Å². The molecule has 0 saturated heterocycles. The number of carbonyl (C=O) groups excluding carboxylic acids is 1. The van der Waals surface area contributed by atoms with E-state index in [4.69, 9.17) is 4.74 Å². The lowest BCUT2D eigenvalue weighted by atomic mass is 9.87. The maximum atomic E-state index is 12.3. The number of benzene rings is 2. The molecule has 1 heterocycles. The summed E-state index contributed by atoms with van der Waals surface area (Å²) < 4.78 is 5.13. The van der Waals surface area contributed by atoms with Crippen LogP contribution in [-0.2, 0) is 12.0 Å². The summed E-state index contributed by atoms with van der Waals surface area (Å²) in [5, 5.41) is 6.04. The molecule has 0 fully saturated rings. The topological polar surface area (TPSA) is 76.1 Å². The fourth-order valence-electron chi connectivity index (χ4n) is 2.73. The van der Waals surface area contributed by atoms with E-state index in [1.54, 1.807) is 13.3 Å². The summed E-state index contributed by atoms with van der Waals surface area (Å²) in [5.74, 6) is 1.09. The van der Waals surface area contributed by atoms with Crippen LogP contribution in [0, 0.1) is 0 Å². The average Bonchev–Trinajstić information content (AvgIpc) is 2.72. The minimum absolute atomic E-state index is 0.110. The van der Waals surface area contributed by atoms with Gasteiger partial charge in [0.05, 0.1) is 19.5 Å². The Balaban J connectivity index is 1.56. The SMILES string of the molecule is COc1ccc(CNC(=O)c2cnc(Nc3ccc(C(C)(C)C)cc3)cn2)cc1. The molecule has 1 aromatic heterocycles. The van der Waals surface area contributed by atoms with Gasteiger partial charge in [-0.2, -0.15) is 0 Å². The molecule has 3 aromatic rings. The molecular formula is C23H26N4O2. The highest BCUT2D eigenvalue weighted by molar-refractivity contribution is 5.92. The second kappa shape index (κ2) is 8.73. The quantitative estimate of drug-likeness (QED) is 0.650. The van der Waals surface area contributed by atoms with Crippen molar-refractivity contribution in [1.82, 2.24) is 15.3 Å². The van der Waals surface area contributed by atoms with Gasteiger partial charge >= 0.3 is 0 Å². The zero-order chi connectivity index (χ0) is 20.9. The number of amides is 1. The van der Waals surface area contributed by atoms with Gasteiger partial charge in [-0.25, -0.2) is 9.97 Å². The minimum Gasteiger partial charge on any atom is -0.497 e. The van der Waals surface area contributed by atoms with Gasteiger partial charge in [0, 0.05) is 12.2 Å². The van der Waals surface area contributed by atoms with E-state index in [-0.39, 0.29) is 17.0 Å². The van der Waals surface area contributed by atoms with Crippen molar-refractivity contribution < 1.29 is 9.53 Å². The molecule has 0 atom stereocenters. The molecule has 0 aliphatic carbocycles.